The highest BCUT2D eigenvalue weighted by Gasteiger charge is 2.36. The quantitative estimate of drug-likeness (QED) is 0.833. The summed E-state index contributed by atoms with van der Waals surface area (Å²) in [4.78, 5) is 13.4. The van der Waals surface area contributed by atoms with Gasteiger partial charge in [0.2, 0.25) is 5.95 Å². The Labute approximate surface area is 119 Å². The first-order valence-electron chi connectivity index (χ1n) is 7.33. The molecule has 0 aliphatic carbocycles. The summed E-state index contributed by atoms with van der Waals surface area (Å²) in [6, 6.07) is 1.85. The van der Waals surface area contributed by atoms with Crippen LogP contribution in [0.1, 0.15) is 6.42 Å². The second-order valence-corrected chi connectivity index (χ2v) is 5.82. The number of nitrogens with two attached hydrogens (primary N) is 1. The Morgan fingerprint density at radius 3 is 2.55 bits per heavy atom. The minimum absolute atomic E-state index is 0.172. The third-order valence-corrected chi connectivity index (χ3v) is 4.38. The lowest BCUT2D eigenvalue weighted by Gasteiger charge is -2.39. The molecular formula is C14H23N5O. The molecule has 6 nitrogen and oxygen atoms in total. The molecule has 20 heavy (non-hydrogen) atoms. The van der Waals surface area contributed by atoms with E-state index in [4.69, 9.17) is 10.5 Å². The Kier molecular flexibility index (Phi) is 4.14. The second kappa shape index (κ2) is 6.03. The molecule has 1 unspecified atom stereocenters. The fraction of sp³-hybridized carbons (Fsp3) is 0.714. The molecule has 0 amide bonds. The molecule has 1 atom stereocenters. The van der Waals surface area contributed by atoms with Crippen LogP contribution < -0.4 is 10.6 Å². The normalized spacial score (nSPS) is 27.9. The summed E-state index contributed by atoms with van der Waals surface area (Å²) in [7, 11) is 0. The molecule has 0 aromatic carbocycles. The predicted octanol–water partition coefficient (Wildman–Crippen LogP) is -0.0360. The second-order valence-electron chi connectivity index (χ2n) is 5.82. The first-order chi connectivity index (χ1) is 9.81. The van der Waals surface area contributed by atoms with Crippen molar-refractivity contribution in [3.8, 4) is 0 Å². The van der Waals surface area contributed by atoms with Gasteiger partial charge in [-0.1, -0.05) is 0 Å². The Bertz CT molecular complexity index is 413. The van der Waals surface area contributed by atoms with E-state index in [1.165, 1.54) is 0 Å². The van der Waals surface area contributed by atoms with Gasteiger partial charge >= 0.3 is 0 Å². The van der Waals surface area contributed by atoms with Crippen LogP contribution in [-0.2, 0) is 4.74 Å². The lowest BCUT2D eigenvalue weighted by molar-refractivity contribution is 0.111. The topological polar surface area (TPSA) is 67.5 Å². The predicted molar refractivity (Wildman–Crippen MR) is 77.6 cm³/mol. The SMILES string of the molecule is NCC1(CN2CCN(c3ncccn3)CC2)CCOC1. The number of hydrogen-bond donors (Lipinski definition) is 1. The summed E-state index contributed by atoms with van der Waals surface area (Å²) in [6.07, 6.45) is 4.69. The summed E-state index contributed by atoms with van der Waals surface area (Å²) in [5, 5.41) is 0. The first kappa shape index (κ1) is 13.7. The third-order valence-electron chi connectivity index (χ3n) is 4.38. The van der Waals surface area contributed by atoms with Crippen LogP contribution in [-0.4, -0.2) is 67.4 Å². The van der Waals surface area contributed by atoms with Crippen LogP contribution in [0, 0.1) is 5.41 Å². The van der Waals surface area contributed by atoms with Crippen LogP contribution in [0.2, 0.25) is 0 Å². The van der Waals surface area contributed by atoms with Crippen molar-refractivity contribution in [1.82, 2.24) is 14.9 Å². The molecule has 2 aliphatic rings. The number of rotatable bonds is 4. The number of aromatic nitrogens is 2. The van der Waals surface area contributed by atoms with Crippen molar-refractivity contribution >= 4 is 5.95 Å². The van der Waals surface area contributed by atoms with Gasteiger partial charge < -0.3 is 15.4 Å². The van der Waals surface area contributed by atoms with E-state index in [1.807, 2.05) is 6.07 Å². The highest BCUT2D eigenvalue weighted by Crippen LogP contribution is 2.28. The Morgan fingerprint density at radius 2 is 1.95 bits per heavy atom. The number of ether oxygens (including phenoxy) is 1. The summed E-state index contributed by atoms with van der Waals surface area (Å²) >= 11 is 0. The van der Waals surface area contributed by atoms with Gasteiger partial charge in [0.25, 0.3) is 0 Å². The smallest absolute Gasteiger partial charge is 0.225 e. The van der Waals surface area contributed by atoms with Crippen molar-refractivity contribution < 1.29 is 4.74 Å². The lowest BCUT2D eigenvalue weighted by atomic mass is 9.86. The van der Waals surface area contributed by atoms with Gasteiger partial charge in [-0.05, 0) is 12.5 Å². The molecule has 1 aromatic rings. The van der Waals surface area contributed by atoms with Crippen molar-refractivity contribution in [2.45, 2.75) is 6.42 Å². The average molecular weight is 277 g/mol. The van der Waals surface area contributed by atoms with Crippen LogP contribution in [0.4, 0.5) is 5.95 Å². The zero-order chi connectivity index (χ0) is 13.8. The van der Waals surface area contributed by atoms with Crippen LogP contribution in [0.5, 0.6) is 0 Å². The van der Waals surface area contributed by atoms with E-state index in [2.05, 4.69) is 19.8 Å². The van der Waals surface area contributed by atoms with Crippen molar-refractivity contribution in [3.63, 3.8) is 0 Å². The lowest BCUT2D eigenvalue weighted by Crippen LogP contribution is -2.52. The van der Waals surface area contributed by atoms with E-state index in [-0.39, 0.29) is 5.41 Å². The Hall–Kier alpha value is -1.24. The fourth-order valence-electron chi connectivity index (χ4n) is 3.03. The molecule has 0 saturated carbocycles. The number of nitrogens with zero attached hydrogens (tertiary/aromatic N) is 4. The van der Waals surface area contributed by atoms with E-state index in [0.717, 1.165) is 64.9 Å². The number of hydrogen-bond acceptors (Lipinski definition) is 6. The van der Waals surface area contributed by atoms with E-state index in [0.29, 0.717) is 0 Å². The molecule has 2 aliphatic heterocycles. The molecular weight excluding hydrogens is 254 g/mol. The molecule has 0 bridgehead atoms. The summed E-state index contributed by atoms with van der Waals surface area (Å²) in [5.74, 6) is 0.838. The largest absolute Gasteiger partial charge is 0.381 e. The maximum absolute atomic E-state index is 5.97. The minimum atomic E-state index is 0.172. The first-order valence-corrected chi connectivity index (χ1v) is 7.33. The molecule has 3 heterocycles. The molecule has 2 N–H and O–H groups in total. The highest BCUT2D eigenvalue weighted by molar-refractivity contribution is 5.29. The molecule has 6 heteroatoms. The molecule has 0 spiro atoms. The minimum Gasteiger partial charge on any atom is -0.381 e. The zero-order valence-electron chi connectivity index (χ0n) is 11.9. The summed E-state index contributed by atoms with van der Waals surface area (Å²) in [5.41, 5.74) is 6.14. The van der Waals surface area contributed by atoms with E-state index < -0.39 is 0 Å². The maximum Gasteiger partial charge on any atom is 0.225 e. The van der Waals surface area contributed by atoms with Gasteiger partial charge in [-0.2, -0.15) is 0 Å². The zero-order valence-corrected chi connectivity index (χ0v) is 11.9. The highest BCUT2D eigenvalue weighted by atomic mass is 16.5. The van der Waals surface area contributed by atoms with Crippen LogP contribution in [0.3, 0.4) is 0 Å². The van der Waals surface area contributed by atoms with Gasteiger partial charge in [-0.15, -0.1) is 0 Å². The van der Waals surface area contributed by atoms with E-state index in [9.17, 15) is 0 Å². The standard InChI is InChI=1S/C14H23N5O/c15-10-14(2-9-20-12-14)11-18-5-7-19(8-6-18)13-16-3-1-4-17-13/h1,3-4H,2,5-12,15H2. The van der Waals surface area contributed by atoms with Crippen LogP contribution in [0.15, 0.2) is 18.5 Å². The summed E-state index contributed by atoms with van der Waals surface area (Å²) < 4.78 is 5.55. The van der Waals surface area contributed by atoms with Gasteiger partial charge in [-0.3, -0.25) is 4.90 Å². The molecule has 2 saturated heterocycles. The van der Waals surface area contributed by atoms with Crippen molar-refractivity contribution in [2.24, 2.45) is 11.1 Å². The number of piperazine rings is 1. The molecule has 110 valence electrons. The van der Waals surface area contributed by atoms with Gasteiger partial charge in [-0.25, -0.2) is 9.97 Å². The maximum atomic E-state index is 5.97. The van der Waals surface area contributed by atoms with E-state index >= 15 is 0 Å². The third kappa shape index (κ3) is 2.92. The summed E-state index contributed by atoms with van der Waals surface area (Å²) in [6.45, 7) is 7.47. The van der Waals surface area contributed by atoms with Gasteiger partial charge in [0, 0.05) is 63.7 Å². The van der Waals surface area contributed by atoms with E-state index in [1.54, 1.807) is 12.4 Å². The molecule has 1 aromatic heterocycles. The average Bonchev–Trinajstić information content (AvgIpc) is 2.98. The molecule has 2 fully saturated rings. The molecule has 3 rings (SSSR count). The van der Waals surface area contributed by atoms with Gasteiger partial charge in [0.05, 0.1) is 6.61 Å². The Balaban J connectivity index is 1.54. The Morgan fingerprint density at radius 1 is 1.20 bits per heavy atom. The van der Waals surface area contributed by atoms with Gasteiger partial charge in [0.15, 0.2) is 0 Å². The van der Waals surface area contributed by atoms with Crippen LogP contribution >= 0.6 is 0 Å². The molecule has 0 radical (unpaired) electrons. The van der Waals surface area contributed by atoms with Crippen molar-refractivity contribution in [1.29, 1.82) is 0 Å². The van der Waals surface area contributed by atoms with Gasteiger partial charge in [0.1, 0.15) is 0 Å². The fourth-order valence-corrected chi connectivity index (χ4v) is 3.03. The monoisotopic (exact) mass is 277 g/mol. The van der Waals surface area contributed by atoms with Crippen LogP contribution in [0.25, 0.3) is 0 Å². The number of anilines is 1. The van der Waals surface area contributed by atoms with Crippen molar-refractivity contribution in [2.75, 3.05) is 57.4 Å². The van der Waals surface area contributed by atoms with Crippen molar-refractivity contribution in [3.05, 3.63) is 18.5 Å².